The molecule has 0 unspecified atom stereocenters. The monoisotopic (exact) mass is 223 g/mol. The van der Waals surface area contributed by atoms with Crippen LogP contribution in [0.4, 0.5) is 0 Å². The van der Waals surface area contributed by atoms with Crippen molar-refractivity contribution >= 4 is 5.91 Å². The maximum Gasteiger partial charge on any atom is 0.223 e. The van der Waals surface area contributed by atoms with Crippen LogP contribution in [0.1, 0.15) is 25.5 Å². The lowest BCUT2D eigenvalue weighted by atomic mass is 10.0. The van der Waals surface area contributed by atoms with Gasteiger partial charge in [-0.2, -0.15) is 0 Å². The lowest BCUT2D eigenvalue weighted by molar-refractivity contribution is -0.123. The van der Waals surface area contributed by atoms with E-state index < -0.39 is 5.60 Å². The molecule has 0 spiro atoms. The van der Waals surface area contributed by atoms with Gasteiger partial charge >= 0.3 is 0 Å². The van der Waals surface area contributed by atoms with E-state index in [1.807, 2.05) is 6.07 Å². The Labute approximate surface area is 94.6 Å². The van der Waals surface area contributed by atoms with Crippen molar-refractivity contribution in [2.45, 2.75) is 31.8 Å². The maximum absolute atomic E-state index is 11.4. The van der Waals surface area contributed by atoms with Crippen LogP contribution in [0.5, 0.6) is 0 Å². The van der Waals surface area contributed by atoms with Crippen LogP contribution in [-0.4, -0.2) is 23.2 Å². The van der Waals surface area contributed by atoms with Gasteiger partial charge in [0.15, 0.2) is 0 Å². The summed E-state index contributed by atoms with van der Waals surface area (Å²) in [4.78, 5) is 11.4. The smallest absolute Gasteiger partial charge is 0.223 e. The molecule has 1 amide bonds. The highest BCUT2D eigenvalue weighted by Crippen LogP contribution is 2.28. The van der Waals surface area contributed by atoms with Gasteiger partial charge in [-0.15, -0.1) is 0 Å². The Morgan fingerprint density at radius 3 is 3.00 bits per heavy atom. The Balaban J connectivity index is 1.79. The molecule has 0 bridgehead atoms. The number of carbonyl (C=O) groups excluding carboxylic acids is 1. The third-order valence-corrected chi connectivity index (χ3v) is 2.73. The number of nitrogens with one attached hydrogen (secondary N) is 1. The van der Waals surface area contributed by atoms with Gasteiger partial charge in [0.05, 0.1) is 11.9 Å². The van der Waals surface area contributed by atoms with E-state index in [9.17, 15) is 9.90 Å². The summed E-state index contributed by atoms with van der Waals surface area (Å²) >= 11 is 0. The first-order valence-electron chi connectivity index (χ1n) is 5.59. The number of rotatable bonds is 5. The molecule has 88 valence electrons. The summed E-state index contributed by atoms with van der Waals surface area (Å²) in [6.45, 7) is 1.96. The van der Waals surface area contributed by atoms with Crippen LogP contribution in [-0.2, 0) is 11.2 Å². The molecular formula is C12H17NO3. The molecule has 2 rings (SSSR count). The second-order valence-corrected chi connectivity index (χ2v) is 4.75. The Morgan fingerprint density at radius 2 is 2.44 bits per heavy atom. The Kier molecular flexibility index (Phi) is 3.01. The zero-order valence-corrected chi connectivity index (χ0v) is 9.40. The molecule has 1 aliphatic carbocycles. The summed E-state index contributed by atoms with van der Waals surface area (Å²) in [6, 6.07) is 3.60. The fourth-order valence-corrected chi connectivity index (χ4v) is 1.62. The molecule has 1 aromatic heterocycles. The van der Waals surface area contributed by atoms with Gasteiger partial charge < -0.3 is 14.8 Å². The van der Waals surface area contributed by atoms with Gasteiger partial charge in [-0.25, -0.2) is 0 Å². The Bertz CT molecular complexity index is 352. The predicted octanol–water partition coefficient (Wildman–Crippen LogP) is 1.10. The van der Waals surface area contributed by atoms with E-state index in [4.69, 9.17) is 4.42 Å². The normalized spacial score (nSPS) is 19.1. The van der Waals surface area contributed by atoms with E-state index in [0.717, 1.165) is 18.6 Å². The molecule has 1 saturated carbocycles. The summed E-state index contributed by atoms with van der Waals surface area (Å²) < 4.78 is 5.16. The van der Waals surface area contributed by atoms with Crippen molar-refractivity contribution in [3.63, 3.8) is 0 Å². The second kappa shape index (κ2) is 4.29. The molecule has 1 aromatic rings. The molecular weight excluding hydrogens is 206 g/mol. The van der Waals surface area contributed by atoms with Crippen molar-refractivity contribution in [2.24, 2.45) is 5.92 Å². The van der Waals surface area contributed by atoms with Crippen LogP contribution >= 0.6 is 0 Å². The van der Waals surface area contributed by atoms with Gasteiger partial charge in [0.2, 0.25) is 5.91 Å². The number of hydrogen-bond acceptors (Lipinski definition) is 3. The quantitative estimate of drug-likeness (QED) is 0.785. The summed E-state index contributed by atoms with van der Waals surface area (Å²) in [5.74, 6) is 0.963. The Morgan fingerprint density at radius 1 is 1.69 bits per heavy atom. The van der Waals surface area contributed by atoms with Gasteiger partial charge in [-0.1, -0.05) is 0 Å². The van der Waals surface area contributed by atoms with Crippen molar-refractivity contribution in [2.75, 3.05) is 6.54 Å². The number of furan rings is 1. The highest BCUT2D eigenvalue weighted by molar-refractivity contribution is 5.80. The van der Waals surface area contributed by atoms with Gasteiger partial charge in [-0.3, -0.25) is 4.79 Å². The number of aliphatic hydroxyl groups is 1. The van der Waals surface area contributed by atoms with Crippen LogP contribution in [0.3, 0.4) is 0 Å². The highest BCUT2D eigenvalue weighted by atomic mass is 16.3. The molecule has 2 N–H and O–H groups in total. The predicted molar refractivity (Wildman–Crippen MR) is 58.8 cm³/mol. The van der Waals surface area contributed by atoms with E-state index >= 15 is 0 Å². The van der Waals surface area contributed by atoms with E-state index in [1.165, 1.54) is 0 Å². The third-order valence-electron chi connectivity index (χ3n) is 2.73. The van der Waals surface area contributed by atoms with Crippen LogP contribution in [0, 0.1) is 5.92 Å². The van der Waals surface area contributed by atoms with E-state index in [-0.39, 0.29) is 18.4 Å². The van der Waals surface area contributed by atoms with Crippen molar-refractivity contribution < 1.29 is 14.3 Å². The first-order chi connectivity index (χ1) is 7.57. The molecule has 1 heterocycles. The standard InChI is InChI=1S/C12H17NO3/c1-12(15,7-10-3-2-6-16-10)8-13-11(14)9-4-5-9/h2-3,6,9,15H,4-5,7-8H2,1H3,(H,13,14)/t12-/m1/s1. The van der Waals surface area contributed by atoms with Gasteiger partial charge in [0.25, 0.3) is 0 Å². The van der Waals surface area contributed by atoms with Crippen molar-refractivity contribution in [1.29, 1.82) is 0 Å². The van der Waals surface area contributed by atoms with Gasteiger partial charge in [0.1, 0.15) is 5.76 Å². The first kappa shape index (κ1) is 11.2. The molecule has 4 nitrogen and oxygen atoms in total. The minimum atomic E-state index is -0.956. The van der Waals surface area contributed by atoms with E-state index in [0.29, 0.717) is 6.42 Å². The third kappa shape index (κ3) is 3.10. The van der Waals surface area contributed by atoms with Crippen LogP contribution < -0.4 is 5.32 Å². The zero-order valence-electron chi connectivity index (χ0n) is 9.40. The summed E-state index contributed by atoms with van der Waals surface area (Å²) in [5, 5.41) is 12.8. The fourth-order valence-electron chi connectivity index (χ4n) is 1.62. The molecule has 1 fully saturated rings. The topological polar surface area (TPSA) is 62.5 Å². The van der Waals surface area contributed by atoms with Crippen molar-refractivity contribution in [1.82, 2.24) is 5.32 Å². The first-order valence-corrected chi connectivity index (χ1v) is 5.59. The molecule has 0 aliphatic heterocycles. The molecule has 4 heteroatoms. The van der Waals surface area contributed by atoms with E-state index in [1.54, 1.807) is 19.3 Å². The van der Waals surface area contributed by atoms with Gasteiger partial charge in [-0.05, 0) is 31.9 Å². The SMILES string of the molecule is C[C@](O)(CNC(=O)C1CC1)Cc1ccco1. The van der Waals surface area contributed by atoms with Crippen LogP contribution in [0.25, 0.3) is 0 Å². The summed E-state index contributed by atoms with van der Waals surface area (Å²) in [5.41, 5.74) is -0.956. The second-order valence-electron chi connectivity index (χ2n) is 4.75. The number of hydrogen-bond donors (Lipinski definition) is 2. The van der Waals surface area contributed by atoms with Crippen molar-refractivity contribution in [3.8, 4) is 0 Å². The summed E-state index contributed by atoms with van der Waals surface area (Å²) in [6.07, 6.45) is 3.94. The lowest BCUT2D eigenvalue weighted by Gasteiger charge is -2.22. The molecule has 16 heavy (non-hydrogen) atoms. The number of carbonyl (C=O) groups is 1. The van der Waals surface area contributed by atoms with Gasteiger partial charge in [0, 0.05) is 18.9 Å². The molecule has 0 aromatic carbocycles. The van der Waals surface area contributed by atoms with Crippen LogP contribution in [0.2, 0.25) is 0 Å². The van der Waals surface area contributed by atoms with E-state index in [2.05, 4.69) is 5.32 Å². The maximum atomic E-state index is 11.4. The highest BCUT2D eigenvalue weighted by Gasteiger charge is 2.31. The molecule has 1 atom stereocenters. The molecule has 0 radical (unpaired) electrons. The average molecular weight is 223 g/mol. The molecule has 0 saturated heterocycles. The van der Waals surface area contributed by atoms with Crippen molar-refractivity contribution in [3.05, 3.63) is 24.2 Å². The van der Waals surface area contributed by atoms with Crippen LogP contribution in [0.15, 0.2) is 22.8 Å². The number of amides is 1. The molecule has 1 aliphatic rings. The fraction of sp³-hybridized carbons (Fsp3) is 0.583. The average Bonchev–Trinajstić information content (AvgIpc) is 2.96. The Hall–Kier alpha value is -1.29. The minimum Gasteiger partial charge on any atom is -0.469 e. The minimum absolute atomic E-state index is 0.0553. The largest absolute Gasteiger partial charge is 0.469 e. The lowest BCUT2D eigenvalue weighted by Crippen LogP contribution is -2.42. The summed E-state index contributed by atoms with van der Waals surface area (Å²) in [7, 11) is 0. The zero-order chi connectivity index (χ0) is 11.6.